The number of fused-ring (bicyclic) bond motifs is 4. The summed E-state index contributed by atoms with van der Waals surface area (Å²) in [6.45, 7) is 13.8. The molecule has 0 atom stereocenters. The zero-order valence-electron chi connectivity index (χ0n) is 17.2. The Hall–Kier alpha value is -2.66. The van der Waals surface area contributed by atoms with Crippen molar-refractivity contribution in [2.45, 2.75) is 32.7 Å². The third-order valence-electron chi connectivity index (χ3n) is 5.87. The van der Waals surface area contributed by atoms with E-state index in [9.17, 15) is 0 Å². The number of pyridine rings is 1. The Bertz CT molecular complexity index is 1360. The van der Waals surface area contributed by atoms with Crippen molar-refractivity contribution in [1.29, 1.82) is 0 Å². The summed E-state index contributed by atoms with van der Waals surface area (Å²) in [4.78, 5) is 3.81. The normalized spacial score (nSPS) is 12.8. The van der Waals surface area contributed by atoms with Crippen LogP contribution >= 0.6 is 0 Å². The van der Waals surface area contributed by atoms with Crippen molar-refractivity contribution in [1.82, 2.24) is 0 Å². The molecule has 1 aromatic heterocycles. The van der Waals surface area contributed by atoms with Gasteiger partial charge in [0.05, 0.1) is 0 Å². The van der Waals surface area contributed by atoms with E-state index in [0.717, 1.165) is 6.42 Å². The van der Waals surface area contributed by atoms with Crippen molar-refractivity contribution in [3.8, 4) is 11.3 Å². The van der Waals surface area contributed by atoms with E-state index in [0.29, 0.717) is 0 Å². The van der Waals surface area contributed by atoms with Gasteiger partial charge in [0.1, 0.15) is 0 Å². The number of hydrogen-bond donors (Lipinski definition) is 0. The molecular formula is C26H23N2Se+. The van der Waals surface area contributed by atoms with Crippen molar-refractivity contribution >= 4 is 45.4 Å². The minimum absolute atomic E-state index is 0.251. The minimum atomic E-state index is -0.368. The van der Waals surface area contributed by atoms with Crippen molar-refractivity contribution < 1.29 is 4.57 Å². The second-order valence-electron chi connectivity index (χ2n) is 8.65. The molecule has 0 radical (unpaired) electrons. The zero-order valence-corrected chi connectivity index (χ0v) is 18.9. The molecule has 0 saturated heterocycles. The SMILES string of the molecule is [C-]#[N+]C(C)(C)Cc1ccc2c[n+](C)c3c(c2c1)[Se]c1cccc2ccc(C)c-3c12. The molecule has 1 aliphatic rings. The molecule has 3 heteroatoms. The van der Waals surface area contributed by atoms with Gasteiger partial charge in [0.25, 0.3) is 0 Å². The molecular weight excluding hydrogens is 419 g/mol. The van der Waals surface area contributed by atoms with Gasteiger partial charge >= 0.3 is 178 Å². The van der Waals surface area contributed by atoms with Gasteiger partial charge in [-0.15, -0.1) is 0 Å². The zero-order chi connectivity index (χ0) is 20.3. The van der Waals surface area contributed by atoms with Crippen LogP contribution in [-0.2, 0) is 13.5 Å². The summed E-state index contributed by atoms with van der Waals surface area (Å²) in [7, 11) is 2.18. The van der Waals surface area contributed by atoms with E-state index >= 15 is 0 Å². The van der Waals surface area contributed by atoms with Gasteiger partial charge in [0.2, 0.25) is 0 Å². The molecule has 3 aromatic carbocycles. The summed E-state index contributed by atoms with van der Waals surface area (Å²) in [6, 6.07) is 18.0. The molecule has 0 fully saturated rings. The summed E-state index contributed by atoms with van der Waals surface area (Å²) in [5.41, 5.74) is 4.96. The van der Waals surface area contributed by atoms with Crippen LogP contribution in [0.1, 0.15) is 25.0 Å². The fourth-order valence-corrected chi connectivity index (χ4v) is 7.23. The van der Waals surface area contributed by atoms with E-state index in [2.05, 4.69) is 78.1 Å². The van der Waals surface area contributed by atoms with Gasteiger partial charge in [-0.2, -0.15) is 0 Å². The number of nitrogens with zero attached hydrogens (tertiary/aromatic N) is 2. The van der Waals surface area contributed by atoms with Crippen LogP contribution in [0.2, 0.25) is 0 Å². The van der Waals surface area contributed by atoms with Gasteiger partial charge < -0.3 is 0 Å². The van der Waals surface area contributed by atoms with Crippen LogP contribution in [0.5, 0.6) is 0 Å². The molecule has 2 nitrogen and oxygen atoms in total. The molecule has 5 rings (SSSR count). The van der Waals surface area contributed by atoms with Gasteiger partial charge in [0.15, 0.2) is 0 Å². The Morgan fingerprint density at radius 1 is 1.07 bits per heavy atom. The number of benzene rings is 3. The monoisotopic (exact) mass is 443 g/mol. The molecule has 0 bridgehead atoms. The van der Waals surface area contributed by atoms with Crippen LogP contribution in [0.3, 0.4) is 0 Å². The second-order valence-corrected chi connectivity index (χ2v) is 10.9. The molecule has 0 unspecified atom stereocenters. The first-order valence-electron chi connectivity index (χ1n) is 9.92. The van der Waals surface area contributed by atoms with E-state index in [1.807, 2.05) is 13.8 Å². The van der Waals surface area contributed by atoms with Gasteiger partial charge in [0, 0.05) is 0 Å². The molecule has 4 aromatic rings. The number of aryl methyl sites for hydroxylation is 2. The van der Waals surface area contributed by atoms with Gasteiger partial charge in [-0.3, -0.25) is 0 Å². The van der Waals surface area contributed by atoms with Crippen LogP contribution in [-0.4, -0.2) is 20.5 Å². The van der Waals surface area contributed by atoms with E-state index in [-0.39, 0.29) is 20.5 Å². The van der Waals surface area contributed by atoms with Crippen LogP contribution in [0.25, 0.3) is 37.6 Å². The Balaban J connectivity index is 1.83. The van der Waals surface area contributed by atoms with Crippen molar-refractivity contribution in [2.75, 3.05) is 0 Å². The third-order valence-corrected chi connectivity index (χ3v) is 8.34. The quantitative estimate of drug-likeness (QED) is 0.222. The fraction of sp³-hybridized carbons (Fsp3) is 0.231. The maximum atomic E-state index is 7.49. The van der Waals surface area contributed by atoms with Crippen LogP contribution in [0.4, 0.5) is 0 Å². The van der Waals surface area contributed by atoms with Gasteiger partial charge in [-0.25, -0.2) is 0 Å². The van der Waals surface area contributed by atoms with E-state index in [4.69, 9.17) is 6.57 Å². The molecule has 0 spiro atoms. The second kappa shape index (κ2) is 6.42. The Labute approximate surface area is 178 Å². The predicted molar refractivity (Wildman–Crippen MR) is 122 cm³/mol. The molecule has 2 heterocycles. The Morgan fingerprint density at radius 3 is 2.66 bits per heavy atom. The van der Waals surface area contributed by atoms with Crippen LogP contribution in [0, 0.1) is 13.5 Å². The van der Waals surface area contributed by atoms with E-state index in [1.165, 1.54) is 52.9 Å². The Morgan fingerprint density at radius 2 is 1.86 bits per heavy atom. The van der Waals surface area contributed by atoms with Crippen molar-refractivity contribution in [2.24, 2.45) is 7.05 Å². The van der Waals surface area contributed by atoms with Crippen LogP contribution in [0.15, 0.2) is 54.7 Å². The average Bonchev–Trinajstić information content (AvgIpc) is 2.70. The molecule has 0 saturated carbocycles. The number of hydrogen-bond acceptors (Lipinski definition) is 0. The van der Waals surface area contributed by atoms with Gasteiger partial charge in [-0.1, -0.05) is 0 Å². The number of aromatic nitrogens is 1. The third kappa shape index (κ3) is 2.87. The van der Waals surface area contributed by atoms with E-state index in [1.54, 1.807) is 0 Å². The molecule has 0 N–H and O–H groups in total. The van der Waals surface area contributed by atoms with E-state index < -0.39 is 0 Å². The first-order valence-corrected chi connectivity index (χ1v) is 11.6. The van der Waals surface area contributed by atoms with Crippen LogP contribution < -0.4 is 13.5 Å². The maximum absolute atomic E-state index is 7.49. The molecule has 1 aliphatic heterocycles. The predicted octanol–water partition coefficient (Wildman–Crippen LogP) is 4.00. The first-order chi connectivity index (χ1) is 13.9. The molecule has 29 heavy (non-hydrogen) atoms. The molecule has 142 valence electrons. The Kier molecular flexibility index (Phi) is 4.07. The fourth-order valence-electron chi connectivity index (χ4n) is 4.47. The molecule has 0 aliphatic carbocycles. The summed E-state index contributed by atoms with van der Waals surface area (Å²) in [5.74, 6) is 0. The summed E-state index contributed by atoms with van der Waals surface area (Å²) < 4.78 is 5.26. The standard InChI is InChI=1S/C26H23N2Se/c1-16-9-11-18-7-6-8-21-23(18)22(16)24-25(29-21)20-13-17(14-26(2,3)27-4)10-12-19(20)15-28(24)5/h6-13,15H,14H2,1-3,5H3/q+1. The van der Waals surface area contributed by atoms with Gasteiger partial charge in [-0.05, 0) is 0 Å². The topological polar surface area (TPSA) is 8.24 Å². The summed E-state index contributed by atoms with van der Waals surface area (Å²) in [6.07, 6.45) is 3.04. The summed E-state index contributed by atoms with van der Waals surface area (Å²) in [5, 5.41) is 5.40. The van der Waals surface area contributed by atoms with Crippen molar-refractivity contribution in [3.63, 3.8) is 0 Å². The average molecular weight is 442 g/mol. The van der Waals surface area contributed by atoms with Crippen molar-refractivity contribution in [3.05, 3.63) is 77.3 Å². The first kappa shape index (κ1) is 18.4. The molecule has 0 amide bonds. The summed E-state index contributed by atoms with van der Waals surface area (Å²) >= 11 is 0.251. The number of rotatable bonds is 2.